The third-order valence-electron chi connectivity index (χ3n) is 3.03. The van der Waals surface area contributed by atoms with E-state index in [2.05, 4.69) is 16.9 Å². The smallest absolute Gasteiger partial charge is 0.107 e. The van der Waals surface area contributed by atoms with Gasteiger partial charge in [0.15, 0.2) is 0 Å². The van der Waals surface area contributed by atoms with Crippen LogP contribution in [0.1, 0.15) is 25.6 Å². The Morgan fingerprint density at radius 1 is 1.41 bits per heavy atom. The Balaban J connectivity index is 2.04. The van der Waals surface area contributed by atoms with E-state index in [-0.39, 0.29) is 0 Å². The fourth-order valence-electron chi connectivity index (χ4n) is 1.97. The van der Waals surface area contributed by atoms with Gasteiger partial charge in [0, 0.05) is 11.4 Å². The maximum atomic E-state index is 5.94. The normalized spacial score (nSPS) is 13.1. The molecule has 4 heteroatoms. The molecule has 92 valence electrons. The van der Waals surface area contributed by atoms with Crippen LogP contribution in [0, 0.1) is 5.92 Å². The van der Waals surface area contributed by atoms with Gasteiger partial charge in [0.2, 0.25) is 0 Å². The number of H-pyrrole nitrogens is 1. The topological polar surface area (TPSA) is 54.7 Å². The Labute approximate surface area is 106 Å². The fourth-order valence-corrected chi connectivity index (χ4v) is 2.14. The highest BCUT2D eigenvalue weighted by molar-refractivity contribution is 6.31. The van der Waals surface area contributed by atoms with Gasteiger partial charge in [-0.05, 0) is 43.5 Å². The molecule has 0 fully saturated rings. The SMILES string of the molecule is CC(CCN)CCc1nc2ccc(Cl)cc2[nH]1. The van der Waals surface area contributed by atoms with Gasteiger partial charge in [-0.25, -0.2) is 4.98 Å². The van der Waals surface area contributed by atoms with Gasteiger partial charge >= 0.3 is 0 Å². The van der Waals surface area contributed by atoms with Crippen molar-refractivity contribution < 1.29 is 0 Å². The number of hydrogen-bond acceptors (Lipinski definition) is 2. The van der Waals surface area contributed by atoms with Crippen molar-refractivity contribution in [2.45, 2.75) is 26.2 Å². The van der Waals surface area contributed by atoms with Crippen molar-refractivity contribution >= 4 is 22.6 Å². The zero-order valence-corrected chi connectivity index (χ0v) is 10.8. The average molecular weight is 252 g/mol. The van der Waals surface area contributed by atoms with Crippen molar-refractivity contribution in [3.63, 3.8) is 0 Å². The molecule has 1 aromatic carbocycles. The van der Waals surface area contributed by atoms with Gasteiger partial charge < -0.3 is 10.7 Å². The van der Waals surface area contributed by atoms with Crippen molar-refractivity contribution in [1.29, 1.82) is 0 Å². The average Bonchev–Trinajstić information content (AvgIpc) is 2.68. The van der Waals surface area contributed by atoms with Crippen LogP contribution in [0.4, 0.5) is 0 Å². The van der Waals surface area contributed by atoms with Gasteiger partial charge in [0.25, 0.3) is 0 Å². The molecule has 0 aliphatic heterocycles. The molecule has 1 heterocycles. The second kappa shape index (κ2) is 5.52. The molecular weight excluding hydrogens is 234 g/mol. The quantitative estimate of drug-likeness (QED) is 0.858. The first-order valence-electron chi connectivity index (χ1n) is 6.03. The summed E-state index contributed by atoms with van der Waals surface area (Å²) in [6.07, 6.45) is 3.16. The second-order valence-corrected chi connectivity index (χ2v) is 5.00. The first-order valence-corrected chi connectivity index (χ1v) is 6.41. The molecule has 1 atom stereocenters. The molecule has 3 N–H and O–H groups in total. The van der Waals surface area contributed by atoms with Crippen molar-refractivity contribution in [1.82, 2.24) is 9.97 Å². The molecule has 0 saturated carbocycles. The van der Waals surface area contributed by atoms with E-state index in [0.717, 1.165) is 47.7 Å². The van der Waals surface area contributed by atoms with Crippen LogP contribution in [0.15, 0.2) is 18.2 Å². The summed E-state index contributed by atoms with van der Waals surface area (Å²) in [5.41, 5.74) is 7.53. The minimum absolute atomic E-state index is 0.650. The minimum atomic E-state index is 0.650. The Morgan fingerprint density at radius 2 is 2.24 bits per heavy atom. The van der Waals surface area contributed by atoms with Gasteiger partial charge in [-0.3, -0.25) is 0 Å². The summed E-state index contributed by atoms with van der Waals surface area (Å²) in [5.74, 6) is 1.68. The summed E-state index contributed by atoms with van der Waals surface area (Å²) in [6.45, 7) is 2.99. The zero-order valence-electron chi connectivity index (χ0n) is 10.0. The zero-order chi connectivity index (χ0) is 12.3. The van der Waals surface area contributed by atoms with Crippen LogP contribution in [0.2, 0.25) is 5.02 Å². The van der Waals surface area contributed by atoms with Crippen molar-refractivity contribution in [2.24, 2.45) is 11.7 Å². The van der Waals surface area contributed by atoms with Crippen LogP contribution >= 0.6 is 11.6 Å². The lowest BCUT2D eigenvalue weighted by molar-refractivity contribution is 0.495. The molecule has 2 aromatic rings. The van der Waals surface area contributed by atoms with Gasteiger partial charge in [-0.1, -0.05) is 18.5 Å². The monoisotopic (exact) mass is 251 g/mol. The third kappa shape index (κ3) is 3.20. The van der Waals surface area contributed by atoms with Crippen molar-refractivity contribution in [3.8, 4) is 0 Å². The molecular formula is C13H18ClN3. The highest BCUT2D eigenvalue weighted by Crippen LogP contribution is 2.18. The number of benzene rings is 1. The van der Waals surface area contributed by atoms with E-state index in [1.165, 1.54) is 0 Å². The lowest BCUT2D eigenvalue weighted by Crippen LogP contribution is -2.06. The van der Waals surface area contributed by atoms with E-state index in [9.17, 15) is 0 Å². The van der Waals surface area contributed by atoms with Crippen molar-refractivity contribution in [2.75, 3.05) is 6.54 Å². The number of aromatic amines is 1. The lowest BCUT2D eigenvalue weighted by Gasteiger charge is -2.07. The summed E-state index contributed by atoms with van der Waals surface area (Å²) in [5, 5.41) is 0.740. The lowest BCUT2D eigenvalue weighted by atomic mass is 10.0. The molecule has 17 heavy (non-hydrogen) atoms. The van der Waals surface area contributed by atoms with Gasteiger partial charge in [0.05, 0.1) is 11.0 Å². The molecule has 2 rings (SSSR count). The Bertz CT molecular complexity index is 492. The van der Waals surface area contributed by atoms with Crippen LogP contribution in [-0.2, 0) is 6.42 Å². The highest BCUT2D eigenvalue weighted by atomic mass is 35.5. The number of nitrogens with two attached hydrogens (primary N) is 1. The van der Waals surface area contributed by atoms with Crippen LogP contribution in [0.3, 0.4) is 0 Å². The summed E-state index contributed by atoms with van der Waals surface area (Å²) >= 11 is 5.94. The Hall–Kier alpha value is -1.06. The Kier molecular flexibility index (Phi) is 4.02. The summed E-state index contributed by atoms with van der Waals surface area (Å²) in [7, 11) is 0. The first-order chi connectivity index (χ1) is 8.19. The van der Waals surface area contributed by atoms with Crippen LogP contribution in [-0.4, -0.2) is 16.5 Å². The van der Waals surface area contributed by atoms with E-state index in [0.29, 0.717) is 5.92 Å². The highest BCUT2D eigenvalue weighted by Gasteiger charge is 2.06. The maximum Gasteiger partial charge on any atom is 0.107 e. The summed E-state index contributed by atoms with van der Waals surface area (Å²) < 4.78 is 0. The number of rotatable bonds is 5. The number of aromatic nitrogens is 2. The number of imidazole rings is 1. The maximum absolute atomic E-state index is 5.94. The predicted molar refractivity (Wildman–Crippen MR) is 72.3 cm³/mol. The van der Waals surface area contributed by atoms with Gasteiger partial charge in [0.1, 0.15) is 5.82 Å². The second-order valence-electron chi connectivity index (χ2n) is 4.57. The molecule has 0 saturated heterocycles. The van der Waals surface area contributed by atoms with Crippen molar-refractivity contribution in [3.05, 3.63) is 29.0 Å². The molecule has 0 aliphatic carbocycles. The molecule has 3 nitrogen and oxygen atoms in total. The van der Waals surface area contributed by atoms with E-state index < -0.39 is 0 Å². The van der Waals surface area contributed by atoms with E-state index in [1.807, 2.05) is 18.2 Å². The Morgan fingerprint density at radius 3 is 3.00 bits per heavy atom. The van der Waals surface area contributed by atoms with Gasteiger partial charge in [-0.2, -0.15) is 0 Å². The van der Waals surface area contributed by atoms with Crippen LogP contribution in [0.25, 0.3) is 11.0 Å². The van der Waals surface area contributed by atoms with Gasteiger partial charge in [-0.15, -0.1) is 0 Å². The molecule has 0 bridgehead atoms. The van der Waals surface area contributed by atoms with E-state index in [1.54, 1.807) is 0 Å². The third-order valence-corrected chi connectivity index (χ3v) is 3.26. The van der Waals surface area contributed by atoms with Crippen LogP contribution in [0.5, 0.6) is 0 Å². The largest absolute Gasteiger partial charge is 0.342 e. The summed E-state index contributed by atoms with van der Waals surface area (Å²) in [4.78, 5) is 7.85. The molecule has 0 spiro atoms. The predicted octanol–water partition coefficient (Wildman–Crippen LogP) is 3.13. The van der Waals surface area contributed by atoms with Crippen LogP contribution < -0.4 is 5.73 Å². The van der Waals surface area contributed by atoms with E-state index >= 15 is 0 Å². The molecule has 0 radical (unpaired) electrons. The number of hydrogen-bond donors (Lipinski definition) is 2. The summed E-state index contributed by atoms with van der Waals surface area (Å²) in [6, 6.07) is 5.73. The number of nitrogens with one attached hydrogen (secondary N) is 1. The molecule has 1 aromatic heterocycles. The van der Waals surface area contributed by atoms with E-state index in [4.69, 9.17) is 17.3 Å². The number of nitrogens with zero attached hydrogens (tertiary/aromatic N) is 1. The number of aryl methyl sites for hydroxylation is 1. The first kappa shape index (κ1) is 12.4. The molecule has 1 unspecified atom stereocenters. The molecule has 0 aliphatic rings. The standard InChI is InChI=1S/C13H18ClN3/c1-9(6-7-15)2-5-13-16-11-4-3-10(14)8-12(11)17-13/h3-4,8-9H,2,5-7,15H2,1H3,(H,16,17). The minimum Gasteiger partial charge on any atom is -0.342 e. The number of fused-ring (bicyclic) bond motifs is 1. The fraction of sp³-hybridized carbons (Fsp3) is 0.462. The number of halogens is 1. The molecule has 0 amide bonds.